The molecule has 0 aliphatic rings. The molecule has 5 nitrogen and oxygen atoms in total. The van der Waals surface area contributed by atoms with E-state index in [9.17, 15) is 0 Å². The molecule has 0 fully saturated rings. The molecule has 0 saturated heterocycles. The average molecular weight is 274 g/mol. The number of nitrogens with one attached hydrogen (secondary N) is 1. The number of halogens is 1. The summed E-state index contributed by atoms with van der Waals surface area (Å²) in [5.41, 5.74) is 7.76. The first-order valence-corrected chi connectivity index (χ1v) is 6.02. The van der Waals surface area contributed by atoms with Crippen LogP contribution in [-0.4, -0.2) is 9.97 Å². The summed E-state index contributed by atoms with van der Waals surface area (Å²) in [6.07, 6.45) is 1.35. The predicted molar refractivity (Wildman–Crippen MR) is 74.6 cm³/mol. The van der Waals surface area contributed by atoms with Gasteiger partial charge in [0.05, 0.1) is 17.7 Å². The van der Waals surface area contributed by atoms with Gasteiger partial charge >= 0.3 is 0 Å². The zero-order chi connectivity index (χ0) is 13.8. The van der Waals surface area contributed by atoms with E-state index in [4.69, 9.17) is 22.6 Å². The topological polar surface area (TPSA) is 87.6 Å². The maximum atomic E-state index is 8.76. The van der Waals surface area contributed by atoms with E-state index in [1.54, 1.807) is 12.1 Å². The van der Waals surface area contributed by atoms with E-state index < -0.39 is 0 Å². The summed E-state index contributed by atoms with van der Waals surface area (Å²) in [6.45, 7) is 1.97. The number of benzene rings is 1. The van der Waals surface area contributed by atoms with Crippen LogP contribution in [0.5, 0.6) is 0 Å². The van der Waals surface area contributed by atoms with Gasteiger partial charge in [-0.2, -0.15) is 5.26 Å². The van der Waals surface area contributed by atoms with Crippen LogP contribution in [-0.2, 0) is 0 Å². The van der Waals surface area contributed by atoms with Crippen LogP contribution < -0.4 is 11.1 Å². The molecule has 0 aliphatic heterocycles. The fraction of sp³-hybridized carbons (Fsp3) is 0.154. The minimum absolute atomic E-state index is 0.0130. The molecule has 1 heterocycles. The number of nitrogens with two attached hydrogens (primary N) is 1. The smallest absolute Gasteiger partial charge is 0.157 e. The molecule has 1 aromatic heterocycles. The Labute approximate surface area is 116 Å². The summed E-state index contributed by atoms with van der Waals surface area (Å²) in [7, 11) is 0. The Morgan fingerprint density at radius 2 is 2.00 bits per heavy atom. The van der Waals surface area contributed by atoms with E-state index in [-0.39, 0.29) is 11.2 Å². The van der Waals surface area contributed by atoms with Gasteiger partial charge in [-0.25, -0.2) is 9.97 Å². The average Bonchev–Trinajstić information content (AvgIpc) is 2.44. The van der Waals surface area contributed by atoms with E-state index in [1.807, 2.05) is 19.1 Å². The van der Waals surface area contributed by atoms with Crippen molar-refractivity contribution in [3.63, 3.8) is 0 Å². The maximum absolute atomic E-state index is 8.76. The quantitative estimate of drug-likeness (QED) is 0.840. The van der Waals surface area contributed by atoms with Crippen LogP contribution in [0, 0.1) is 11.3 Å². The van der Waals surface area contributed by atoms with Gasteiger partial charge in [-0.1, -0.05) is 23.7 Å². The van der Waals surface area contributed by atoms with Crippen molar-refractivity contribution in [3.05, 3.63) is 46.9 Å². The zero-order valence-electron chi connectivity index (χ0n) is 10.3. The van der Waals surface area contributed by atoms with Crippen LogP contribution in [0.2, 0.25) is 5.15 Å². The Hall–Kier alpha value is -2.32. The third-order valence-corrected chi connectivity index (χ3v) is 3.03. The van der Waals surface area contributed by atoms with Crippen LogP contribution >= 0.6 is 11.6 Å². The number of nitriles is 1. The van der Waals surface area contributed by atoms with Crippen molar-refractivity contribution in [1.29, 1.82) is 5.26 Å². The summed E-state index contributed by atoms with van der Waals surface area (Å²) >= 11 is 5.83. The van der Waals surface area contributed by atoms with Crippen LogP contribution in [0.15, 0.2) is 30.6 Å². The SMILES string of the molecule is CC(Nc1ncnc(Cl)c1N)c1ccc(C#N)cc1. The van der Waals surface area contributed by atoms with E-state index in [0.29, 0.717) is 17.1 Å². The van der Waals surface area contributed by atoms with Crippen molar-refractivity contribution in [2.75, 3.05) is 11.1 Å². The van der Waals surface area contributed by atoms with Gasteiger partial charge in [0.25, 0.3) is 0 Å². The lowest BCUT2D eigenvalue weighted by molar-refractivity contribution is 0.873. The summed E-state index contributed by atoms with van der Waals surface area (Å²) in [5, 5.41) is 12.1. The Bertz CT molecular complexity index is 618. The maximum Gasteiger partial charge on any atom is 0.157 e. The molecule has 1 atom stereocenters. The first kappa shape index (κ1) is 13.1. The molecular formula is C13H12ClN5. The molecule has 1 unspecified atom stereocenters. The lowest BCUT2D eigenvalue weighted by Crippen LogP contribution is -2.10. The molecule has 3 N–H and O–H groups in total. The molecule has 19 heavy (non-hydrogen) atoms. The van der Waals surface area contributed by atoms with Gasteiger partial charge in [0.15, 0.2) is 11.0 Å². The Kier molecular flexibility index (Phi) is 3.83. The molecule has 0 bridgehead atoms. The van der Waals surface area contributed by atoms with E-state index in [0.717, 1.165) is 5.56 Å². The Balaban J connectivity index is 2.18. The number of nitrogen functional groups attached to an aromatic ring is 1. The first-order chi connectivity index (χ1) is 9.11. The second kappa shape index (κ2) is 5.55. The Morgan fingerprint density at radius 1 is 1.32 bits per heavy atom. The largest absolute Gasteiger partial charge is 0.393 e. The van der Waals surface area contributed by atoms with Crippen molar-refractivity contribution in [3.8, 4) is 6.07 Å². The number of hydrogen-bond donors (Lipinski definition) is 2. The highest BCUT2D eigenvalue weighted by Gasteiger charge is 2.10. The van der Waals surface area contributed by atoms with Gasteiger partial charge in [-0.3, -0.25) is 0 Å². The minimum Gasteiger partial charge on any atom is -0.393 e. The second-order valence-corrected chi connectivity index (χ2v) is 4.38. The molecule has 2 rings (SSSR count). The number of nitrogens with zero attached hydrogens (tertiary/aromatic N) is 3. The summed E-state index contributed by atoms with van der Waals surface area (Å²) in [5.74, 6) is 0.497. The van der Waals surface area contributed by atoms with E-state index >= 15 is 0 Å². The number of aromatic nitrogens is 2. The normalized spacial score (nSPS) is 11.6. The number of anilines is 2. The second-order valence-electron chi connectivity index (χ2n) is 4.03. The number of hydrogen-bond acceptors (Lipinski definition) is 5. The van der Waals surface area contributed by atoms with Crippen molar-refractivity contribution in [1.82, 2.24) is 9.97 Å². The van der Waals surface area contributed by atoms with Crippen LogP contribution in [0.4, 0.5) is 11.5 Å². The lowest BCUT2D eigenvalue weighted by atomic mass is 10.1. The van der Waals surface area contributed by atoms with Crippen LogP contribution in [0.25, 0.3) is 0 Å². The highest BCUT2D eigenvalue weighted by molar-refractivity contribution is 6.32. The van der Waals surface area contributed by atoms with Crippen molar-refractivity contribution < 1.29 is 0 Å². The Morgan fingerprint density at radius 3 is 2.63 bits per heavy atom. The fourth-order valence-electron chi connectivity index (χ4n) is 1.62. The summed E-state index contributed by atoms with van der Waals surface area (Å²) in [4.78, 5) is 7.85. The van der Waals surface area contributed by atoms with Crippen molar-refractivity contribution in [2.24, 2.45) is 0 Å². The van der Waals surface area contributed by atoms with E-state index in [2.05, 4.69) is 21.4 Å². The lowest BCUT2D eigenvalue weighted by Gasteiger charge is -2.16. The fourth-order valence-corrected chi connectivity index (χ4v) is 1.76. The van der Waals surface area contributed by atoms with Crippen LogP contribution in [0.3, 0.4) is 0 Å². The summed E-state index contributed by atoms with van der Waals surface area (Å²) < 4.78 is 0. The molecule has 2 aromatic rings. The predicted octanol–water partition coefficient (Wildman–Crippen LogP) is 2.76. The molecule has 6 heteroatoms. The first-order valence-electron chi connectivity index (χ1n) is 5.64. The molecule has 0 saturated carbocycles. The summed E-state index contributed by atoms with van der Waals surface area (Å²) in [6, 6.07) is 9.37. The van der Waals surface area contributed by atoms with Crippen molar-refractivity contribution >= 4 is 23.1 Å². The monoisotopic (exact) mass is 273 g/mol. The molecule has 0 spiro atoms. The third-order valence-electron chi connectivity index (χ3n) is 2.73. The van der Waals surface area contributed by atoms with Gasteiger partial charge in [0.1, 0.15) is 12.0 Å². The number of rotatable bonds is 3. The highest BCUT2D eigenvalue weighted by atomic mass is 35.5. The van der Waals surface area contributed by atoms with Gasteiger partial charge in [-0.15, -0.1) is 0 Å². The van der Waals surface area contributed by atoms with Crippen molar-refractivity contribution in [2.45, 2.75) is 13.0 Å². The zero-order valence-corrected chi connectivity index (χ0v) is 11.0. The third kappa shape index (κ3) is 2.92. The van der Waals surface area contributed by atoms with Gasteiger partial charge < -0.3 is 11.1 Å². The minimum atomic E-state index is -0.0130. The standard InChI is InChI=1S/C13H12ClN5/c1-8(10-4-2-9(6-15)3-5-10)19-13-11(16)12(14)17-7-18-13/h2-5,7-8H,16H2,1H3,(H,17,18,19). The molecule has 0 amide bonds. The molecule has 0 aliphatic carbocycles. The van der Waals surface area contributed by atoms with Gasteiger partial charge in [0.2, 0.25) is 0 Å². The van der Waals surface area contributed by atoms with Gasteiger partial charge in [0, 0.05) is 0 Å². The van der Waals surface area contributed by atoms with Gasteiger partial charge in [-0.05, 0) is 24.6 Å². The molecule has 0 radical (unpaired) electrons. The van der Waals surface area contributed by atoms with E-state index in [1.165, 1.54) is 6.33 Å². The van der Waals surface area contributed by atoms with Crippen LogP contribution in [0.1, 0.15) is 24.1 Å². The molecular weight excluding hydrogens is 262 g/mol. The molecule has 1 aromatic carbocycles. The highest BCUT2D eigenvalue weighted by Crippen LogP contribution is 2.26. The molecule has 96 valence electrons.